The van der Waals surface area contributed by atoms with Crippen molar-refractivity contribution in [1.29, 1.82) is 0 Å². The van der Waals surface area contributed by atoms with Crippen LogP contribution in [-0.4, -0.2) is 12.3 Å². The van der Waals surface area contributed by atoms with Gasteiger partial charge in [0.25, 0.3) is 0 Å². The van der Waals surface area contributed by atoms with Gasteiger partial charge in [-0.3, -0.25) is 0 Å². The molecule has 0 bridgehead atoms. The van der Waals surface area contributed by atoms with E-state index in [1.54, 1.807) is 0 Å². The third kappa shape index (κ3) is 1.99. The average Bonchev–Trinajstić information content (AvgIpc) is 1.83. The highest BCUT2D eigenvalue weighted by atomic mass is 19.4. The molecule has 0 aromatic rings. The van der Waals surface area contributed by atoms with Crippen LogP contribution in [0.25, 0.3) is 0 Å². The van der Waals surface area contributed by atoms with Gasteiger partial charge in [-0.2, -0.15) is 13.2 Å². The molecular formula is C8H10F4. The van der Waals surface area contributed by atoms with Crippen LogP contribution >= 0.6 is 0 Å². The first kappa shape index (κ1) is 9.55. The molecule has 0 nitrogen and oxygen atoms in total. The summed E-state index contributed by atoms with van der Waals surface area (Å²) in [4.78, 5) is 0. The van der Waals surface area contributed by atoms with Crippen LogP contribution < -0.4 is 0 Å². The van der Waals surface area contributed by atoms with Gasteiger partial charge in [0.15, 0.2) is 0 Å². The van der Waals surface area contributed by atoms with E-state index in [-0.39, 0.29) is 12.8 Å². The third-order valence-electron chi connectivity index (χ3n) is 2.15. The standard InChI is InChI=1S/C8H10F4/c1-5-2-3-6(7(9)4-5)8(10,11)12/h6-7H,1-4H2. The molecular weight excluding hydrogens is 172 g/mol. The van der Waals surface area contributed by atoms with Gasteiger partial charge in [0, 0.05) is 0 Å². The molecule has 0 spiro atoms. The van der Waals surface area contributed by atoms with Crippen molar-refractivity contribution in [3.8, 4) is 0 Å². The topological polar surface area (TPSA) is 0 Å². The van der Waals surface area contributed by atoms with Crippen LogP contribution in [0.3, 0.4) is 0 Å². The summed E-state index contributed by atoms with van der Waals surface area (Å²) in [6.07, 6.45) is -6.16. The van der Waals surface area contributed by atoms with E-state index in [0.29, 0.717) is 12.0 Å². The Morgan fingerprint density at radius 2 is 1.92 bits per heavy atom. The molecule has 1 rings (SSSR count). The summed E-state index contributed by atoms with van der Waals surface area (Å²) in [5, 5.41) is 0. The van der Waals surface area contributed by atoms with Crippen LogP contribution in [0, 0.1) is 5.92 Å². The van der Waals surface area contributed by atoms with Gasteiger partial charge in [-0.15, -0.1) is 0 Å². The Morgan fingerprint density at radius 1 is 1.33 bits per heavy atom. The zero-order valence-electron chi connectivity index (χ0n) is 6.49. The molecule has 1 aliphatic rings. The van der Waals surface area contributed by atoms with E-state index in [0.717, 1.165) is 0 Å². The maximum absolute atomic E-state index is 12.8. The summed E-state index contributed by atoms with van der Waals surface area (Å²) in [6.45, 7) is 3.47. The minimum Gasteiger partial charge on any atom is -0.246 e. The van der Waals surface area contributed by atoms with Crippen LogP contribution in [0.1, 0.15) is 19.3 Å². The van der Waals surface area contributed by atoms with Crippen LogP contribution in [0.4, 0.5) is 17.6 Å². The molecule has 0 heterocycles. The predicted molar refractivity (Wildman–Crippen MR) is 37.4 cm³/mol. The summed E-state index contributed by atoms with van der Waals surface area (Å²) < 4.78 is 49.0. The maximum atomic E-state index is 12.8. The van der Waals surface area contributed by atoms with Crippen LogP contribution in [0.15, 0.2) is 12.2 Å². The molecule has 12 heavy (non-hydrogen) atoms. The second-order valence-electron chi connectivity index (χ2n) is 3.16. The number of halogens is 4. The Kier molecular flexibility index (Phi) is 2.44. The van der Waals surface area contributed by atoms with Gasteiger partial charge in [0.05, 0.1) is 5.92 Å². The molecule has 0 saturated heterocycles. The van der Waals surface area contributed by atoms with Crippen LogP contribution in [0.5, 0.6) is 0 Å². The van der Waals surface area contributed by atoms with Gasteiger partial charge in [-0.25, -0.2) is 4.39 Å². The van der Waals surface area contributed by atoms with Crippen molar-refractivity contribution in [2.24, 2.45) is 5.92 Å². The molecule has 1 aliphatic carbocycles. The quantitative estimate of drug-likeness (QED) is 0.398. The lowest BCUT2D eigenvalue weighted by molar-refractivity contribution is -0.195. The maximum Gasteiger partial charge on any atom is 0.394 e. The van der Waals surface area contributed by atoms with E-state index in [9.17, 15) is 17.6 Å². The van der Waals surface area contributed by atoms with E-state index in [4.69, 9.17) is 0 Å². The van der Waals surface area contributed by atoms with Crippen molar-refractivity contribution < 1.29 is 17.6 Å². The van der Waals surface area contributed by atoms with Crippen molar-refractivity contribution in [2.75, 3.05) is 0 Å². The Balaban J connectivity index is 2.62. The Hall–Kier alpha value is -0.540. The first-order valence-corrected chi connectivity index (χ1v) is 3.78. The van der Waals surface area contributed by atoms with Crippen molar-refractivity contribution in [3.63, 3.8) is 0 Å². The normalized spacial score (nSPS) is 32.2. The zero-order valence-corrected chi connectivity index (χ0v) is 6.49. The van der Waals surface area contributed by atoms with Crippen molar-refractivity contribution in [2.45, 2.75) is 31.6 Å². The molecule has 0 aliphatic heterocycles. The molecule has 4 heteroatoms. The van der Waals surface area contributed by atoms with E-state index >= 15 is 0 Å². The SMILES string of the molecule is C=C1CCC(C(F)(F)F)C(F)C1. The summed E-state index contributed by atoms with van der Waals surface area (Å²) in [7, 11) is 0. The van der Waals surface area contributed by atoms with Gasteiger partial charge >= 0.3 is 6.18 Å². The van der Waals surface area contributed by atoms with Crippen LogP contribution in [-0.2, 0) is 0 Å². The minimum absolute atomic E-state index is 0.135. The summed E-state index contributed by atoms with van der Waals surface area (Å²) in [5.74, 6) is -1.78. The van der Waals surface area contributed by atoms with Gasteiger partial charge in [-0.05, 0) is 19.3 Å². The molecule has 0 N–H and O–H groups in total. The van der Waals surface area contributed by atoms with Crippen LogP contribution in [0.2, 0.25) is 0 Å². The largest absolute Gasteiger partial charge is 0.394 e. The Bertz CT molecular complexity index is 182. The first-order chi connectivity index (χ1) is 5.41. The number of hydrogen-bond acceptors (Lipinski definition) is 0. The number of rotatable bonds is 0. The average molecular weight is 182 g/mol. The van der Waals surface area contributed by atoms with Crippen molar-refractivity contribution in [3.05, 3.63) is 12.2 Å². The number of allylic oxidation sites excluding steroid dienone is 1. The van der Waals surface area contributed by atoms with Gasteiger partial charge in [-0.1, -0.05) is 12.2 Å². The summed E-state index contributed by atoms with van der Waals surface area (Å²) in [6, 6.07) is 0. The number of alkyl halides is 4. The predicted octanol–water partition coefficient (Wildman–Crippen LogP) is 3.24. The molecule has 0 radical (unpaired) electrons. The van der Waals surface area contributed by atoms with Gasteiger partial charge < -0.3 is 0 Å². The third-order valence-corrected chi connectivity index (χ3v) is 2.15. The monoisotopic (exact) mass is 182 g/mol. The smallest absolute Gasteiger partial charge is 0.246 e. The molecule has 2 unspecified atom stereocenters. The minimum atomic E-state index is -4.39. The fourth-order valence-corrected chi connectivity index (χ4v) is 1.43. The molecule has 0 amide bonds. The highest BCUT2D eigenvalue weighted by Gasteiger charge is 2.46. The second kappa shape index (κ2) is 3.07. The van der Waals surface area contributed by atoms with E-state index in [2.05, 4.69) is 6.58 Å². The summed E-state index contributed by atoms with van der Waals surface area (Å²) in [5.41, 5.74) is 0.586. The van der Waals surface area contributed by atoms with Gasteiger partial charge in [0.1, 0.15) is 6.17 Å². The molecule has 2 atom stereocenters. The lowest BCUT2D eigenvalue weighted by Crippen LogP contribution is -2.34. The Morgan fingerprint density at radius 3 is 2.33 bits per heavy atom. The zero-order chi connectivity index (χ0) is 9.35. The molecule has 1 saturated carbocycles. The van der Waals surface area contributed by atoms with Crippen molar-refractivity contribution >= 4 is 0 Å². The molecule has 70 valence electrons. The lowest BCUT2D eigenvalue weighted by atomic mass is 9.84. The lowest BCUT2D eigenvalue weighted by Gasteiger charge is -2.28. The first-order valence-electron chi connectivity index (χ1n) is 3.78. The second-order valence-corrected chi connectivity index (χ2v) is 3.16. The highest BCUT2D eigenvalue weighted by molar-refractivity contribution is 5.03. The molecule has 1 fully saturated rings. The van der Waals surface area contributed by atoms with E-state index in [1.807, 2.05) is 0 Å². The fourth-order valence-electron chi connectivity index (χ4n) is 1.43. The van der Waals surface area contributed by atoms with E-state index < -0.39 is 18.3 Å². The van der Waals surface area contributed by atoms with Gasteiger partial charge in [0.2, 0.25) is 0 Å². The molecule has 0 aromatic heterocycles. The van der Waals surface area contributed by atoms with E-state index in [1.165, 1.54) is 0 Å². The Labute approximate surface area is 68.3 Å². The van der Waals surface area contributed by atoms with Crippen molar-refractivity contribution in [1.82, 2.24) is 0 Å². The summed E-state index contributed by atoms with van der Waals surface area (Å²) >= 11 is 0. The molecule has 0 aromatic carbocycles. The number of hydrogen-bond donors (Lipinski definition) is 0. The highest BCUT2D eigenvalue weighted by Crippen LogP contribution is 2.40. The fraction of sp³-hybridized carbons (Fsp3) is 0.750.